The Morgan fingerprint density at radius 2 is 2.18 bits per heavy atom. The lowest BCUT2D eigenvalue weighted by Crippen LogP contribution is -2.46. The summed E-state index contributed by atoms with van der Waals surface area (Å²) in [6.07, 6.45) is -1.85. The van der Waals surface area contributed by atoms with Gasteiger partial charge in [0.05, 0.1) is 6.61 Å². The van der Waals surface area contributed by atoms with E-state index in [0.29, 0.717) is 0 Å². The number of ketones is 2. The highest BCUT2D eigenvalue weighted by Gasteiger charge is 2.36. The van der Waals surface area contributed by atoms with E-state index in [-0.39, 0.29) is 6.61 Å². The molecule has 0 radical (unpaired) electrons. The first-order chi connectivity index (χ1) is 5.16. The molecule has 0 spiro atoms. The number of rotatable bonds is 1. The fourth-order valence-corrected chi connectivity index (χ4v) is 0.820. The van der Waals surface area contributed by atoms with Gasteiger partial charge in [-0.2, -0.15) is 0 Å². The first kappa shape index (κ1) is 8.32. The second-order valence-electron chi connectivity index (χ2n) is 2.30. The van der Waals surface area contributed by atoms with Crippen molar-refractivity contribution < 1.29 is 24.5 Å². The number of Topliss-reactive ketones (excluding diaryl/α,β-unsaturated/α-hetero) is 2. The predicted octanol–water partition coefficient (Wildman–Crippen LogP) is -0.599. The fraction of sp³-hybridized carbons (Fsp3) is 0.667. The van der Waals surface area contributed by atoms with Crippen LogP contribution in [0.3, 0.4) is 0 Å². The van der Waals surface area contributed by atoms with E-state index in [1.165, 1.54) is 6.92 Å². The van der Waals surface area contributed by atoms with Crippen molar-refractivity contribution in [2.45, 2.75) is 19.1 Å². The van der Waals surface area contributed by atoms with Gasteiger partial charge in [0.1, 0.15) is 6.10 Å². The summed E-state index contributed by atoms with van der Waals surface area (Å²) >= 11 is 0. The van der Waals surface area contributed by atoms with Gasteiger partial charge < -0.3 is 4.74 Å². The minimum absolute atomic E-state index is 0.0672. The highest BCUT2D eigenvalue weighted by Crippen LogP contribution is 2.07. The zero-order valence-electron chi connectivity index (χ0n) is 5.94. The summed E-state index contributed by atoms with van der Waals surface area (Å²) in [6.45, 7) is 1.41. The van der Waals surface area contributed by atoms with Gasteiger partial charge in [0.2, 0.25) is 11.6 Å². The molecule has 1 saturated heterocycles. The molecule has 1 rings (SSSR count). The zero-order chi connectivity index (χ0) is 8.43. The Bertz CT molecular complexity index is 187. The summed E-state index contributed by atoms with van der Waals surface area (Å²) in [5.41, 5.74) is 0. The van der Waals surface area contributed by atoms with Gasteiger partial charge in [0.25, 0.3) is 0 Å². The van der Waals surface area contributed by atoms with Crippen molar-refractivity contribution in [2.24, 2.45) is 0 Å². The summed E-state index contributed by atoms with van der Waals surface area (Å²) in [5.74, 6) is -1.39. The molecule has 0 amide bonds. The van der Waals surface area contributed by atoms with Crippen LogP contribution >= 0.6 is 0 Å². The van der Waals surface area contributed by atoms with E-state index >= 15 is 0 Å². The highest BCUT2D eigenvalue weighted by molar-refractivity contribution is 6.40. The van der Waals surface area contributed by atoms with Crippen molar-refractivity contribution in [3.8, 4) is 0 Å². The van der Waals surface area contributed by atoms with Crippen LogP contribution in [0, 0.1) is 0 Å². The second kappa shape index (κ2) is 3.08. The normalized spacial score (nSPS) is 32.5. The molecule has 1 fully saturated rings. The van der Waals surface area contributed by atoms with Crippen LogP contribution < -0.4 is 0 Å². The molecule has 5 nitrogen and oxygen atoms in total. The Balaban J connectivity index is 2.67. The zero-order valence-corrected chi connectivity index (χ0v) is 5.94. The van der Waals surface area contributed by atoms with Gasteiger partial charge in [-0.05, 0) is 6.92 Å². The van der Waals surface area contributed by atoms with Crippen molar-refractivity contribution >= 4 is 11.6 Å². The van der Waals surface area contributed by atoms with Crippen LogP contribution in [0.2, 0.25) is 0 Å². The van der Waals surface area contributed by atoms with Crippen LogP contribution in [-0.2, 0) is 19.2 Å². The number of hydrogen-bond acceptors (Lipinski definition) is 5. The van der Waals surface area contributed by atoms with Crippen molar-refractivity contribution in [3.05, 3.63) is 0 Å². The van der Waals surface area contributed by atoms with Crippen LogP contribution in [0.4, 0.5) is 0 Å². The fourth-order valence-electron chi connectivity index (χ4n) is 0.820. The van der Waals surface area contributed by atoms with Gasteiger partial charge in [0.15, 0.2) is 6.10 Å². The lowest BCUT2D eigenvalue weighted by atomic mass is 10.1. The number of carbonyl (C=O) groups is 2. The lowest BCUT2D eigenvalue weighted by molar-refractivity contribution is -0.282. The van der Waals surface area contributed by atoms with E-state index < -0.39 is 23.8 Å². The van der Waals surface area contributed by atoms with Gasteiger partial charge >= 0.3 is 0 Å². The number of ether oxygens (including phenoxy) is 1. The molecule has 1 aliphatic rings. The maximum atomic E-state index is 10.9. The van der Waals surface area contributed by atoms with Gasteiger partial charge in [-0.3, -0.25) is 14.8 Å². The van der Waals surface area contributed by atoms with E-state index in [9.17, 15) is 9.59 Å². The largest absolute Gasteiger partial charge is 0.367 e. The van der Waals surface area contributed by atoms with Gasteiger partial charge in [0, 0.05) is 0 Å². The molecule has 1 heterocycles. The Hall–Kier alpha value is -0.780. The molecule has 0 aromatic carbocycles. The average Bonchev–Trinajstić information content (AvgIpc) is 2.01. The number of hydrogen-bond donors (Lipinski definition) is 1. The molecule has 2 atom stereocenters. The molecule has 5 heteroatoms. The second-order valence-corrected chi connectivity index (χ2v) is 2.30. The maximum absolute atomic E-state index is 10.9. The van der Waals surface area contributed by atoms with E-state index in [1.807, 2.05) is 0 Å². The third-order valence-electron chi connectivity index (χ3n) is 1.53. The van der Waals surface area contributed by atoms with Crippen molar-refractivity contribution in [1.82, 2.24) is 0 Å². The predicted molar refractivity (Wildman–Crippen MR) is 32.9 cm³/mol. The van der Waals surface area contributed by atoms with E-state index in [4.69, 9.17) is 9.99 Å². The Kier molecular flexibility index (Phi) is 2.33. The first-order valence-electron chi connectivity index (χ1n) is 3.16. The molecule has 11 heavy (non-hydrogen) atoms. The van der Waals surface area contributed by atoms with Crippen LogP contribution in [0.25, 0.3) is 0 Å². The summed E-state index contributed by atoms with van der Waals surface area (Å²) in [7, 11) is 0. The van der Waals surface area contributed by atoms with Crippen LogP contribution in [0.15, 0.2) is 0 Å². The molecule has 0 aromatic rings. The highest BCUT2D eigenvalue weighted by atomic mass is 17.1. The monoisotopic (exact) mass is 160 g/mol. The van der Waals surface area contributed by atoms with Crippen LogP contribution in [0.5, 0.6) is 0 Å². The Morgan fingerprint density at radius 1 is 1.55 bits per heavy atom. The van der Waals surface area contributed by atoms with Crippen LogP contribution in [0.1, 0.15) is 6.92 Å². The molecule has 1 aliphatic heterocycles. The van der Waals surface area contributed by atoms with E-state index in [2.05, 4.69) is 4.89 Å². The molecule has 0 aliphatic carbocycles. The summed E-state index contributed by atoms with van der Waals surface area (Å²) in [6, 6.07) is 0. The van der Waals surface area contributed by atoms with Crippen LogP contribution in [-0.4, -0.2) is 35.6 Å². The third-order valence-corrected chi connectivity index (χ3v) is 1.53. The Labute approximate surface area is 62.8 Å². The van der Waals surface area contributed by atoms with Gasteiger partial charge in [-0.25, -0.2) is 4.89 Å². The summed E-state index contributed by atoms with van der Waals surface area (Å²) in [5, 5.41) is 8.11. The molecule has 0 saturated carbocycles. The molecule has 2 unspecified atom stereocenters. The maximum Gasteiger partial charge on any atom is 0.235 e. The van der Waals surface area contributed by atoms with Gasteiger partial charge in [-0.15, -0.1) is 0 Å². The minimum atomic E-state index is -1.14. The Morgan fingerprint density at radius 3 is 2.73 bits per heavy atom. The molecular formula is C6H8O5. The molecule has 1 N–H and O–H groups in total. The van der Waals surface area contributed by atoms with E-state index in [1.54, 1.807) is 0 Å². The molecular weight excluding hydrogens is 152 g/mol. The SMILES string of the molecule is CC1OCC(OO)C(=O)C1=O. The van der Waals surface area contributed by atoms with E-state index in [0.717, 1.165) is 0 Å². The standard InChI is InChI=1S/C6H8O5/c1-3-5(7)6(8)4(11-9)2-10-3/h3-4,9H,2H2,1H3. The minimum Gasteiger partial charge on any atom is -0.367 e. The number of carbonyl (C=O) groups excluding carboxylic acids is 2. The van der Waals surface area contributed by atoms with Crippen molar-refractivity contribution in [2.75, 3.05) is 6.61 Å². The van der Waals surface area contributed by atoms with Gasteiger partial charge in [-0.1, -0.05) is 0 Å². The van der Waals surface area contributed by atoms with Crippen molar-refractivity contribution in [3.63, 3.8) is 0 Å². The molecule has 0 aromatic heterocycles. The topological polar surface area (TPSA) is 72.8 Å². The quantitative estimate of drug-likeness (QED) is 0.315. The lowest BCUT2D eigenvalue weighted by Gasteiger charge is -2.21. The summed E-state index contributed by atoms with van der Waals surface area (Å²) < 4.78 is 4.81. The first-order valence-corrected chi connectivity index (χ1v) is 3.16. The molecule has 62 valence electrons. The third kappa shape index (κ3) is 1.45. The molecule has 0 bridgehead atoms. The smallest absolute Gasteiger partial charge is 0.235 e. The summed E-state index contributed by atoms with van der Waals surface area (Å²) in [4.78, 5) is 25.4. The van der Waals surface area contributed by atoms with Crippen molar-refractivity contribution in [1.29, 1.82) is 0 Å². The average molecular weight is 160 g/mol.